The molecule has 1 rings (SSSR count). The third-order valence-corrected chi connectivity index (χ3v) is 3.06. The van der Waals surface area contributed by atoms with Crippen LogP contribution in [0.4, 0.5) is 18.9 Å². The van der Waals surface area contributed by atoms with E-state index in [0.29, 0.717) is 6.07 Å². The van der Waals surface area contributed by atoms with Crippen LogP contribution in [0.1, 0.15) is 18.9 Å². The highest BCUT2D eigenvalue weighted by atomic mass is 35.5. The maximum Gasteiger partial charge on any atom is 0.416 e. The van der Waals surface area contributed by atoms with E-state index < -0.39 is 23.6 Å². The zero-order valence-electron chi connectivity index (χ0n) is 10.9. The Hall–Kier alpha value is -1.96. The number of alkyl halides is 3. The predicted molar refractivity (Wildman–Crippen MR) is 72.3 cm³/mol. The van der Waals surface area contributed by atoms with Crippen LogP contribution in [0.5, 0.6) is 0 Å². The molecular weight excluding hydrogens is 311 g/mol. The molecule has 0 bridgehead atoms. The quantitative estimate of drug-likeness (QED) is 0.344. The Labute approximate surface area is 123 Å². The van der Waals surface area contributed by atoms with Crippen molar-refractivity contribution in [3.05, 3.63) is 28.8 Å². The highest BCUT2D eigenvalue weighted by Gasteiger charge is 2.31. The molecular formula is C12H13ClF3N3O2. The molecule has 0 saturated heterocycles. The molecule has 0 fully saturated rings. The van der Waals surface area contributed by atoms with Crippen molar-refractivity contribution in [2.45, 2.75) is 19.5 Å². The van der Waals surface area contributed by atoms with E-state index in [1.54, 1.807) is 6.92 Å². The zero-order valence-corrected chi connectivity index (χ0v) is 11.7. The molecule has 0 aliphatic rings. The molecule has 9 heteroatoms. The van der Waals surface area contributed by atoms with Gasteiger partial charge in [0.25, 0.3) is 0 Å². The average molecular weight is 324 g/mol. The van der Waals surface area contributed by atoms with Gasteiger partial charge in [-0.05, 0) is 24.6 Å². The summed E-state index contributed by atoms with van der Waals surface area (Å²) in [6.45, 7) is 1.64. The number of rotatable bonds is 4. The first-order valence-corrected chi connectivity index (χ1v) is 6.23. The van der Waals surface area contributed by atoms with Gasteiger partial charge in [-0.2, -0.15) is 13.2 Å². The van der Waals surface area contributed by atoms with Gasteiger partial charge in [0, 0.05) is 0 Å². The zero-order chi connectivity index (χ0) is 16.2. The van der Waals surface area contributed by atoms with Crippen LogP contribution in [-0.4, -0.2) is 17.0 Å². The SMILES string of the molecule is CCC(C(=O)Nc1ccc(C(F)(F)F)cc1Cl)C(N)=NO. The van der Waals surface area contributed by atoms with Gasteiger partial charge in [-0.15, -0.1) is 0 Å². The van der Waals surface area contributed by atoms with E-state index in [4.69, 9.17) is 22.5 Å². The lowest BCUT2D eigenvalue weighted by Gasteiger charge is -2.15. The minimum atomic E-state index is -4.52. The summed E-state index contributed by atoms with van der Waals surface area (Å²) in [7, 11) is 0. The number of anilines is 1. The van der Waals surface area contributed by atoms with Crippen molar-refractivity contribution in [1.82, 2.24) is 0 Å². The molecule has 4 N–H and O–H groups in total. The van der Waals surface area contributed by atoms with Gasteiger partial charge >= 0.3 is 6.18 Å². The molecule has 0 spiro atoms. The number of halogens is 4. The third-order valence-electron chi connectivity index (χ3n) is 2.75. The highest BCUT2D eigenvalue weighted by molar-refractivity contribution is 6.34. The number of hydrogen-bond acceptors (Lipinski definition) is 3. The fourth-order valence-electron chi connectivity index (χ4n) is 1.61. The van der Waals surface area contributed by atoms with E-state index in [-0.39, 0.29) is 23.0 Å². The second-order valence-corrected chi connectivity index (χ2v) is 4.57. The molecule has 0 saturated carbocycles. The second kappa shape index (κ2) is 6.66. The first-order chi connectivity index (χ1) is 9.70. The first kappa shape index (κ1) is 17.1. The summed E-state index contributed by atoms with van der Waals surface area (Å²) in [4.78, 5) is 11.9. The molecule has 21 heavy (non-hydrogen) atoms. The van der Waals surface area contributed by atoms with Crippen LogP contribution in [0.15, 0.2) is 23.4 Å². The van der Waals surface area contributed by atoms with E-state index in [2.05, 4.69) is 10.5 Å². The number of nitrogens with zero attached hydrogens (tertiary/aromatic N) is 1. The van der Waals surface area contributed by atoms with Gasteiger partial charge in [0.05, 0.1) is 22.2 Å². The Bertz CT molecular complexity index is 561. The number of amidine groups is 1. The van der Waals surface area contributed by atoms with Crippen LogP contribution < -0.4 is 11.1 Å². The molecule has 1 amide bonds. The van der Waals surface area contributed by atoms with Crippen LogP contribution in [0.25, 0.3) is 0 Å². The number of carbonyl (C=O) groups excluding carboxylic acids is 1. The lowest BCUT2D eigenvalue weighted by atomic mass is 10.0. The fraction of sp³-hybridized carbons (Fsp3) is 0.333. The van der Waals surface area contributed by atoms with Gasteiger partial charge in [0.2, 0.25) is 5.91 Å². The lowest BCUT2D eigenvalue weighted by molar-refractivity contribution is -0.137. The van der Waals surface area contributed by atoms with E-state index in [1.165, 1.54) is 0 Å². The second-order valence-electron chi connectivity index (χ2n) is 4.17. The summed E-state index contributed by atoms with van der Waals surface area (Å²) in [5, 5.41) is 13.4. The number of benzene rings is 1. The molecule has 1 unspecified atom stereocenters. The average Bonchev–Trinajstić information content (AvgIpc) is 2.40. The van der Waals surface area contributed by atoms with Crippen LogP contribution in [-0.2, 0) is 11.0 Å². The number of nitrogens with one attached hydrogen (secondary N) is 1. The standard InChI is InChI=1S/C12H13ClF3N3O2/c1-2-7(10(17)19-21)11(20)18-9-4-3-6(5-8(9)13)12(14,15)16/h3-5,7,21H,2H2,1H3,(H2,17,19)(H,18,20). The van der Waals surface area contributed by atoms with Crippen molar-refractivity contribution in [3.63, 3.8) is 0 Å². The Kier molecular flexibility index (Phi) is 5.42. The third kappa shape index (κ3) is 4.25. The highest BCUT2D eigenvalue weighted by Crippen LogP contribution is 2.33. The fourth-order valence-corrected chi connectivity index (χ4v) is 1.84. The molecule has 0 aliphatic carbocycles. The number of hydrogen-bond donors (Lipinski definition) is 3. The predicted octanol–water partition coefficient (Wildman–Crippen LogP) is 3.07. The summed E-state index contributed by atoms with van der Waals surface area (Å²) in [6.07, 6.45) is -4.27. The number of amides is 1. The summed E-state index contributed by atoms with van der Waals surface area (Å²) in [5.74, 6) is -1.83. The van der Waals surface area contributed by atoms with Gasteiger partial charge in [0.1, 0.15) is 0 Å². The summed E-state index contributed by atoms with van der Waals surface area (Å²) >= 11 is 5.72. The Morgan fingerprint density at radius 3 is 2.57 bits per heavy atom. The summed E-state index contributed by atoms with van der Waals surface area (Å²) < 4.78 is 37.5. The van der Waals surface area contributed by atoms with Crippen molar-refractivity contribution in [2.24, 2.45) is 16.8 Å². The van der Waals surface area contributed by atoms with E-state index in [9.17, 15) is 18.0 Å². The Morgan fingerprint density at radius 1 is 1.52 bits per heavy atom. The maximum atomic E-state index is 12.5. The lowest BCUT2D eigenvalue weighted by Crippen LogP contribution is -2.34. The van der Waals surface area contributed by atoms with Crippen molar-refractivity contribution < 1.29 is 23.2 Å². The van der Waals surface area contributed by atoms with Crippen molar-refractivity contribution in [3.8, 4) is 0 Å². The van der Waals surface area contributed by atoms with Gasteiger partial charge in [-0.25, -0.2) is 0 Å². The normalized spacial score (nSPS) is 13.9. The van der Waals surface area contributed by atoms with Crippen molar-refractivity contribution in [2.75, 3.05) is 5.32 Å². The largest absolute Gasteiger partial charge is 0.416 e. The van der Waals surface area contributed by atoms with Crippen LogP contribution in [0, 0.1) is 5.92 Å². The van der Waals surface area contributed by atoms with Gasteiger partial charge in [-0.1, -0.05) is 23.7 Å². The van der Waals surface area contributed by atoms with Crippen LogP contribution in [0.3, 0.4) is 0 Å². The molecule has 0 aromatic heterocycles. The summed E-state index contributed by atoms with van der Waals surface area (Å²) in [5.41, 5.74) is 4.45. The van der Waals surface area contributed by atoms with E-state index >= 15 is 0 Å². The van der Waals surface area contributed by atoms with Gasteiger partial charge in [0.15, 0.2) is 5.84 Å². The van der Waals surface area contributed by atoms with Crippen LogP contribution >= 0.6 is 11.6 Å². The summed E-state index contributed by atoms with van der Waals surface area (Å²) in [6, 6.07) is 2.55. The topological polar surface area (TPSA) is 87.7 Å². The maximum absolute atomic E-state index is 12.5. The molecule has 116 valence electrons. The number of carbonyl (C=O) groups is 1. The smallest absolute Gasteiger partial charge is 0.409 e. The van der Waals surface area contributed by atoms with E-state index in [0.717, 1.165) is 12.1 Å². The molecule has 1 aromatic carbocycles. The molecule has 0 radical (unpaired) electrons. The van der Waals surface area contributed by atoms with Crippen LogP contribution in [0.2, 0.25) is 5.02 Å². The van der Waals surface area contributed by atoms with Gasteiger partial charge < -0.3 is 16.3 Å². The molecule has 0 aliphatic heterocycles. The minimum Gasteiger partial charge on any atom is -0.409 e. The Balaban J connectivity index is 2.96. The number of nitrogens with two attached hydrogens (primary N) is 1. The van der Waals surface area contributed by atoms with Gasteiger partial charge in [-0.3, -0.25) is 4.79 Å². The molecule has 1 aromatic rings. The number of oxime groups is 1. The van der Waals surface area contributed by atoms with Crippen molar-refractivity contribution >= 4 is 29.0 Å². The molecule has 1 atom stereocenters. The monoisotopic (exact) mass is 323 g/mol. The first-order valence-electron chi connectivity index (χ1n) is 5.85. The molecule has 5 nitrogen and oxygen atoms in total. The minimum absolute atomic E-state index is 0.0128. The Morgan fingerprint density at radius 2 is 2.14 bits per heavy atom. The molecule has 0 heterocycles. The van der Waals surface area contributed by atoms with Crippen molar-refractivity contribution in [1.29, 1.82) is 0 Å². The van der Waals surface area contributed by atoms with E-state index in [1.807, 2.05) is 0 Å².